The molecular weight excluding hydrogens is 356 g/mol. The lowest BCUT2D eigenvalue weighted by atomic mass is 10.0. The number of aryl methyl sites for hydroxylation is 3. The zero-order valence-corrected chi connectivity index (χ0v) is 16.5. The summed E-state index contributed by atoms with van der Waals surface area (Å²) in [4.78, 5) is 15.7. The zero-order valence-electron chi connectivity index (χ0n) is 15.7. The molecule has 1 aromatic heterocycles. The molecule has 0 saturated carbocycles. The maximum absolute atomic E-state index is 5.38. The summed E-state index contributed by atoms with van der Waals surface area (Å²) in [6.07, 6.45) is 3.84. The smallest absolute Gasteiger partial charge is 0.229 e. The second-order valence-corrected chi connectivity index (χ2v) is 6.78. The van der Waals surface area contributed by atoms with Crippen LogP contribution in [0, 0.1) is 13.8 Å². The molecule has 0 unspecified atom stereocenters. The van der Waals surface area contributed by atoms with Crippen LogP contribution in [-0.2, 0) is 6.42 Å². The van der Waals surface area contributed by atoms with Crippen molar-refractivity contribution in [1.29, 1.82) is 0 Å². The molecule has 1 aliphatic heterocycles. The third-order valence-electron chi connectivity index (χ3n) is 4.18. The zero-order chi connectivity index (χ0) is 19.2. The van der Waals surface area contributed by atoms with E-state index >= 15 is 0 Å². The van der Waals surface area contributed by atoms with E-state index in [4.69, 9.17) is 12.2 Å². The predicted molar refractivity (Wildman–Crippen MR) is 115 cm³/mol. The summed E-state index contributed by atoms with van der Waals surface area (Å²) < 4.78 is 0. The number of rotatable bonds is 3. The lowest BCUT2D eigenvalue weighted by Crippen LogP contribution is -2.41. The molecule has 0 aliphatic carbocycles. The number of hydrogen-bond donors (Lipinski definition) is 2. The quantitative estimate of drug-likeness (QED) is 0.368. The van der Waals surface area contributed by atoms with Crippen LogP contribution in [0.1, 0.15) is 23.4 Å². The van der Waals surface area contributed by atoms with Gasteiger partial charge in [0.05, 0.1) is 0 Å². The van der Waals surface area contributed by atoms with Gasteiger partial charge in [-0.15, -0.1) is 6.58 Å². The summed E-state index contributed by atoms with van der Waals surface area (Å²) in [6, 6.07) is 10.3. The number of benzene rings is 1. The van der Waals surface area contributed by atoms with Crippen molar-refractivity contribution >= 4 is 34.9 Å². The van der Waals surface area contributed by atoms with Crippen molar-refractivity contribution in [3.63, 3.8) is 0 Å². The van der Waals surface area contributed by atoms with Gasteiger partial charge in [-0.25, -0.2) is 9.97 Å². The highest BCUT2D eigenvalue weighted by Gasteiger charge is 2.22. The lowest BCUT2D eigenvalue weighted by molar-refractivity contribution is 0.776. The standard InChI is InChI=1S/C20H24N6S/c1-4-11-21-20(27)25-19(24-18-22-14(2)13-15(3)23-18)26-12-7-9-16-8-5-6-10-17(16)26/h4-6,8,10,13H,1,7,9,11-12H2,2-3H3,(H2,21,22,23,24,25,27). The molecule has 7 heteroatoms. The number of para-hydroxylation sites is 1. The summed E-state index contributed by atoms with van der Waals surface area (Å²) in [7, 11) is 0. The van der Waals surface area contributed by atoms with Gasteiger partial charge in [0.25, 0.3) is 0 Å². The van der Waals surface area contributed by atoms with Gasteiger partial charge in [0.2, 0.25) is 11.9 Å². The van der Waals surface area contributed by atoms with Crippen molar-refractivity contribution in [3.8, 4) is 0 Å². The van der Waals surface area contributed by atoms with E-state index in [9.17, 15) is 0 Å². The van der Waals surface area contributed by atoms with Crippen molar-refractivity contribution in [1.82, 2.24) is 15.3 Å². The average Bonchev–Trinajstić information content (AvgIpc) is 2.64. The number of nitrogens with zero attached hydrogens (tertiary/aromatic N) is 4. The number of anilines is 2. The molecule has 0 bridgehead atoms. The molecule has 2 heterocycles. The fourth-order valence-electron chi connectivity index (χ4n) is 3.09. The highest BCUT2D eigenvalue weighted by molar-refractivity contribution is 7.80. The Bertz CT molecular complexity index is 856. The minimum absolute atomic E-state index is 0.393. The van der Waals surface area contributed by atoms with Gasteiger partial charge < -0.3 is 10.2 Å². The van der Waals surface area contributed by atoms with Crippen LogP contribution in [0.2, 0.25) is 0 Å². The Kier molecular flexibility index (Phi) is 6.13. The Labute approximate surface area is 165 Å². The molecule has 0 atom stereocenters. The van der Waals surface area contributed by atoms with E-state index in [-0.39, 0.29) is 0 Å². The van der Waals surface area contributed by atoms with Gasteiger partial charge in [0.15, 0.2) is 5.11 Å². The van der Waals surface area contributed by atoms with Gasteiger partial charge in [-0.2, -0.15) is 4.99 Å². The predicted octanol–water partition coefficient (Wildman–Crippen LogP) is 3.37. The Morgan fingerprint density at radius 2 is 2.04 bits per heavy atom. The van der Waals surface area contributed by atoms with E-state index in [1.807, 2.05) is 26.0 Å². The molecular formula is C20H24N6S. The van der Waals surface area contributed by atoms with Crippen LogP contribution in [0.15, 0.2) is 48.0 Å². The molecule has 6 nitrogen and oxygen atoms in total. The van der Waals surface area contributed by atoms with Crippen LogP contribution in [0.3, 0.4) is 0 Å². The first-order valence-electron chi connectivity index (χ1n) is 8.99. The molecule has 0 saturated heterocycles. The number of thiocarbonyl (C=S) groups is 1. The maximum Gasteiger partial charge on any atom is 0.229 e. The monoisotopic (exact) mass is 380 g/mol. The molecule has 3 rings (SSSR count). The maximum atomic E-state index is 5.38. The first-order chi connectivity index (χ1) is 13.1. The van der Waals surface area contributed by atoms with Crippen molar-refractivity contribution in [2.45, 2.75) is 26.7 Å². The molecule has 2 aromatic rings. The van der Waals surface area contributed by atoms with Crippen molar-refractivity contribution in [2.75, 3.05) is 23.3 Å². The largest absolute Gasteiger partial charge is 0.357 e. The van der Waals surface area contributed by atoms with Gasteiger partial charge >= 0.3 is 0 Å². The summed E-state index contributed by atoms with van der Waals surface area (Å²) in [6.45, 7) is 9.00. The van der Waals surface area contributed by atoms with Crippen molar-refractivity contribution < 1.29 is 0 Å². The van der Waals surface area contributed by atoms with Crippen molar-refractivity contribution in [2.24, 2.45) is 4.99 Å². The van der Waals surface area contributed by atoms with E-state index in [0.717, 1.165) is 36.5 Å². The molecule has 2 N–H and O–H groups in total. The Morgan fingerprint density at radius 3 is 2.78 bits per heavy atom. The number of aliphatic imine (C=N–C) groups is 1. The van der Waals surface area contributed by atoms with Crippen LogP contribution >= 0.6 is 12.2 Å². The van der Waals surface area contributed by atoms with E-state index in [0.29, 0.717) is 23.6 Å². The molecule has 0 spiro atoms. The van der Waals surface area contributed by atoms with E-state index < -0.39 is 0 Å². The van der Waals surface area contributed by atoms with Gasteiger partial charge in [0, 0.05) is 30.2 Å². The molecule has 140 valence electrons. The Balaban J connectivity index is 1.96. The molecule has 0 amide bonds. The summed E-state index contributed by atoms with van der Waals surface area (Å²) in [5.74, 6) is 1.13. The average molecular weight is 381 g/mol. The van der Waals surface area contributed by atoms with E-state index in [1.165, 1.54) is 5.56 Å². The molecule has 0 fully saturated rings. The molecule has 27 heavy (non-hydrogen) atoms. The highest BCUT2D eigenvalue weighted by Crippen LogP contribution is 2.27. The van der Waals surface area contributed by atoms with Gasteiger partial charge in [-0.3, -0.25) is 5.32 Å². The fraction of sp³-hybridized carbons (Fsp3) is 0.300. The highest BCUT2D eigenvalue weighted by atomic mass is 32.1. The summed E-state index contributed by atoms with van der Waals surface area (Å²) in [5, 5.41) is 6.73. The minimum Gasteiger partial charge on any atom is -0.357 e. The first-order valence-corrected chi connectivity index (χ1v) is 9.40. The van der Waals surface area contributed by atoms with Crippen LogP contribution in [-0.4, -0.2) is 34.1 Å². The number of aromatic nitrogens is 2. The fourth-order valence-corrected chi connectivity index (χ4v) is 3.26. The topological polar surface area (TPSA) is 65.4 Å². The second kappa shape index (κ2) is 8.73. The number of hydrogen-bond acceptors (Lipinski definition) is 3. The van der Waals surface area contributed by atoms with Crippen molar-refractivity contribution in [3.05, 3.63) is 59.9 Å². The normalized spacial score (nSPS) is 13.7. The third-order valence-corrected chi connectivity index (χ3v) is 4.41. The van der Waals surface area contributed by atoms with Crippen LogP contribution in [0.5, 0.6) is 0 Å². The number of nitrogens with one attached hydrogen (secondary N) is 2. The summed E-state index contributed by atoms with van der Waals surface area (Å²) in [5.41, 5.74) is 4.22. The molecule has 1 aromatic carbocycles. The van der Waals surface area contributed by atoms with Gasteiger partial charge in [0.1, 0.15) is 0 Å². The third kappa shape index (κ3) is 4.89. The Morgan fingerprint density at radius 1 is 1.30 bits per heavy atom. The summed E-state index contributed by atoms with van der Waals surface area (Å²) >= 11 is 5.38. The minimum atomic E-state index is 0.393. The Hall–Kier alpha value is -2.80. The van der Waals surface area contributed by atoms with E-state index in [1.54, 1.807) is 6.08 Å². The lowest BCUT2D eigenvalue weighted by Gasteiger charge is -2.32. The number of guanidine groups is 1. The van der Waals surface area contributed by atoms with E-state index in [2.05, 4.69) is 55.3 Å². The number of fused-ring (bicyclic) bond motifs is 1. The van der Waals surface area contributed by atoms with Gasteiger partial charge in [-0.05, 0) is 56.6 Å². The first kappa shape index (κ1) is 19.0. The van der Waals surface area contributed by atoms with Gasteiger partial charge in [-0.1, -0.05) is 24.3 Å². The second-order valence-electron chi connectivity index (χ2n) is 6.39. The van der Waals surface area contributed by atoms with Crippen LogP contribution in [0.4, 0.5) is 11.6 Å². The SMILES string of the molecule is C=CCNC(=S)/N=C(/Nc1nc(C)cc(C)n1)N1CCCc2ccccc21. The molecule has 1 aliphatic rings. The van der Waals surface area contributed by atoms with Crippen LogP contribution in [0.25, 0.3) is 0 Å². The molecule has 0 radical (unpaired) electrons. The van der Waals surface area contributed by atoms with Crippen LogP contribution < -0.4 is 15.5 Å².